The van der Waals surface area contributed by atoms with Gasteiger partial charge in [-0.15, -0.1) is 0 Å². The van der Waals surface area contributed by atoms with E-state index in [1.165, 1.54) is 6.33 Å². The minimum atomic E-state index is -0.320. The maximum Gasteiger partial charge on any atom is 0.320 e. The highest BCUT2D eigenvalue weighted by molar-refractivity contribution is 5.99. The Kier molecular flexibility index (Phi) is 4.01. The Labute approximate surface area is 139 Å². The molecule has 0 radical (unpaired) electrons. The number of H-pyrrole nitrogens is 1. The van der Waals surface area contributed by atoms with E-state index in [2.05, 4.69) is 25.6 Å². The molecule has 0 aliphatic carbocycles. The van der Waals surface area contributed by atoms with Gasteiger partial charge in [0.2, 0.25) is 0 Å². The number of rotatable bonds is 3. The standard InChI is InChI=1S/C17H21N5O2/c1-8-6-13(12(5)24-8)11(4)21-17(23)22-16-14-9(2)10(3)20-15(14)18-7-19-16/h6-7,11H,1-5H3,(H3,18,19,20,21,22,23)/t11-/m1/s1. The van der Waals surface area contributed by atoms with Crippen LogP contribution in [0.4, 0.5) is 10.6 Å². The Balaban J connectivity index is 1.79. The van der Waals surface area contributed by atoms with Crippen molar-refractivity contribution in [1.29, 1.82) is 0 Å². The van der Waals surface area contributed by atoms with Crippen LogP contribution >= 0.6 is 0 Å². The first-order chi connectivity index (χ1) is 11.4. The van der Waals surface area contributed by atoms with Gasteiger partial charge in [0.05, 0.1) is 11.4 Å². The number of carbonyl (C=O) groups is 1. The summed E-state index contributed by atoms with van der Waals surface area (Å²) in [6, 6.07) is 1.44. The summed E-state index contributed by atoms with van der Waals surface area (Å²) in [5, 5.41) is 6.55. The van der Waals surface area contributed by atoms with Crippen LogP contribution in [-0.4, -0.2) is 21.0 Å². The quantitative estimate of drug-likeness (QED) is 0.684. The summed E-state index contributed by atoms with van der Waals surface area (Å²) < 4.78 is 5.52. The zero-order valence-electron chi connectivity index (χ0n) is 14.4. The number of aryl methyl sites for hydroxylation is 4. The maximum absolute atomic E-state index is 12.4. The summed E-state index contributed by atoms with van der Waals surface area (Å²) in [5.41, 5.74) is 3.70. The van der Waals surface area contributed by atoms with Gasteiger partial charge in [-0.3, -0.25) is 5.32 Å². The second-order valence-corrected chi connectivity index (χ2v) is 6.01. The van der Waals surface area contributed by atoms with Crippen LogP contribution in [0.5, 0.6) is 0 Å². The smallest absolute Gasteiger partial charge is 0.320 e. The lowest BCUT2D eigenvalue weighted by Crippen LogP contribution is -2.31. The molecule has 0 aliphatic heterocycles. The first-order valence-electron chi connectivity index (χ1n) is 7.81. The molecular weight excluding hydrogens is 306 g/mol. The Hall–Kier alpha value is -2.83. The summed E-state index contributed by atoms with van der Waals surface area (Å²) in [5.74, 6) is 2.13. The van der Waals surface area contributed by atoms with E-state index in [0.717, 1.165) is 33.7 Å². The molecular formula is C17H21N5O2. The number of urea groups is 1. The molecule has 0 aromatic carbocycles. The Morgan fingerprint density at radius 2 is 2.00 bits per heavy atom. The number of anilines is 1. The monoisotopic (exact) mass is 327 g/mol. The van der Waals surface area contributed by atoms with Crippen molar-refractivity contribution in [3.05, 3.63) is 40.7 Å². The number of amides is 2. The average molecular weight is 327 g/mol. The average Bonchev–Trinajstić information content (AvgIpc) is 2.99. The van der Waals surface area contributed by atoms with Gasteiger partial charge in [-0.05, 0) is 46.2 Å². The van der Waals surface area contributed by atoms with Crippen LogP contribution < -0.4 is 10.6 Å². The van der Waals surface area contributed by atoms with Crippen molar-refractivity contribution >= 4 is 22.9 Å². The van der Waals surface area contributed by atoms with Gasteiger partial charge in [0.15, 0.2) is 0 Å². The molecule has 0 fully saturated rings. The van der Waals surface area contributed by atoms with Crippen LogP contribution in [0.15, 0.2) is 16.8 Å². The second-order valence-electron chi connectivity index (χ2n) is 6.01. The number of fused-ring (bicyclic) bond motifs is 1. The number of furan rings is 1. The molecule has 3 N–H and O–H groups in total. The SMILES string of the molecule is Cc1cc([C@@H](C)NC(=O)Nc2ncnc3[nH]c(C)c(C)c23)c(C)o1. The number of nitrogens with zero attached hydrogens (tertiary/aromatic N) is 2. The van der Waals surface area contributed by atoms with Gasteiger partial charge in [-0.2, -0.15) is 0 Å². The van der Waals surface area contributed by atoms with E-state index < -0.39 is 0 Å². The summed E-state index contributed by atoms with van der Waals surface area (Å²) in [6.07, 6.45) is 1.43. The largest absolute Gasteiger partial charge is 0.466 e. The molecule has 7 nitrogen and oxygen atoms in total. The van der Waals surface area contributed by atoms with Crippen LogP contribution in [0.2, 0.25) is 0 Å². The first-order valence-corrected chi connectivity index (χ1v) is 7.81. The number of aromatic amines is 1. The lowest BCUT2D eigenvalue weighted by Gasteiger charge is -2.14. The molecule has 24 heavy (non-hydrogen) atoms. The highest BCUT2D eigenvalue weighted by Crippen LogP contribution is 2.25. The molecule has 1 atom stereocenters. The van der Waals surface area contributed by atoms with E-state index in [-0.39, 0.29) is 12.1 Å². The summed E-state index contributed by atoms with van der Waals surface area (Å²) in [6.45, 7) is 9.63. The predicted molar refractivity (Wildman–Crippen MR) is 92.1 cm³/mol. The highest BCUT2D eigenvalue weighted by Gasteiger charge is 2.17. The van der Waals surface area contributed by atoms with Crippen molar-refractivity contribution in [2.45, 2.75) is 40.7 Å². The van der Waals surface area contributed by atoms with Crippen molar-refractivity contribution in [1.82, 2.24) is 20.3 Å². The topological polar surface area (TPSA) is 95.8 Å². The van der Waals surface area contributed by atoms with Crippen molar-refractivity contribution < 1.29 is 9.21 Å². The van der Waals surface area contributed by atoms with Gasteiger partial charge >= 0.3 is 6.03 Å². The molecule has 3 heterocycles. The van der Waals surface area contributed by atoms with Gasteiger partial charge in [-0.1, -0.05) is 0 Å². The number of aromatic nitrogens is 3. The zero-order chi connectivity index (χ0) is 17.4. The van der Waals surface area contributed by atoms with E-state index >= 15 is 0 Å². The molecule has 126 valence electrons. The molecule has 0 aliphatic rings. The molecule has 3 rings (SSSR count). The zero-order valence-corrected chi connectivity index (χ0v) is 14.4. The number of carbonyl (C=O) groups excluding carboxylic acids is 1. The number of hydrogen-bond acceptors (Lipinski definition) is 4. The minimum Gasteiger partial charge on any atom is -0.466 e. The fraction of sp³-hybridized carbons (Fsp3) is 0.353. The number of hydrogen-bond donors (Lipinski definition) is 3. The normalized spacial score (nSPS) is 12.4. The van der Waals surface area contributed by atoms with Gasteiger partial charge in [0.25, 0.3) is 0 Å². The summed E-state index contributed by atoms with van der Waals surface area (Å²) in [4.78, 5) is 23.9. The third kappa shape index (κ3) is 2.84. The van der Waals surface area contributed by atoms with Gasteiger partial charge < -0.3 is 14.7 Å². The molecule has 0 saturated carbocycles. The van der Waals surface area contributed by atoms with Crippen LogP contribution in [0, 0.1) is 27.7 Å². The molecule has 3 aromatic heterocycles. The van der Waals surface area contributed by atoms with E-state index in [0.29, 0.717) is 11.5 Å². The minimum absolute atomic E-state index is 0.172. The molecule has 0 unspecified atom stereocenters. The third-order valence-electron chi connectivity index (χ3n) is 4.22. The Bertz CT molecular complexity index is 909. The van der Waals surface area contributed by atoms with Crippen molar-refractivity contribution in [3.63, 3.8) is 0 Å². The summed E-state index contributed by atoms with van der Waals surface area (Å²) in [7, 11) is 0. The van der Waals surface area contributed by atoms with E-state index in [9.17, 15) is 4.79 Å². The van der Waals surface area contributed by atoms with Gasteiger partial charge in [0, 0.05) is 11.3 Å². The molecule has 0 bridgehead atoms. The summed E-state index contributed by atoms with van der Waals surface area (Å²) >= 11 is 0. The van der Waals surface area contributed by atoms with Crippen molar-refractivity contribution in [2.75, 3.05) is 5.32 Å². The van der Waals surface area contributed by atoms with Gasteiger partial charge in [-0.25, -0.2) is 14.8 Å². The highest BCUT2D eigenvalue weighted by atomic mass is 16.3. The molecule has 0 spiro atoms. The van der Waals surface area contributed by atoms with Crippen LogP contribution in [0.1, 0.15) is 41.3 Å². The third-order valence-corrected chi connectivity index (χ3v) is 4.22. The van der Waals surface area contributed by atoms with Crippen LogP contribution in [0.3, 0.4) is 0 Å². The van der Waals surface area contributed by atoms with Gasteiger partial charge in [0.1, 0.15) is 29.3 Å². The molecule has 7 heteroatoms. The van der Waals surface area contributed by atoms with E-state index in [1.807, 2.05) is 40.7 Å². The Morgan fingerprint density at radius 3 is 2.67 bits per heavy atom. The van der Waals surface area contributed by atoms with Crippen LogP contribution in [-0.2, 0) is 0 Å². The maximum atomic E-state index is 12.4. The van der Waals surface area contributed by atoms with E-state index in [4.69, 9.17) is 4.42 Å². The van der Waals surface area contributed by atoms with E-state index in [1.54, 1.807) is 0 Å². The molecule has 0 saturated heterocycles. The molecule has 3 aromatic rings. The lowest BCUT2D eigenvalue weighted by atomic mass is 10.1. The lowest BCUT2D eigenvalue weighted by molar-refractivity contribution is 0.249. The predicted octanol–water partition coefficient (Wildman–Crippen LogP) is 3.67. The second kappa shape index (κ2) is 5.99. The van der Waals surface area contributed by atoms with Crippen molar-refractivity contribution in [2.24, 2.45) is 0 Å². The van der Waals surface area contributed by atoms with Crippen LogP contribution in [0.25, 0.3) is 11.0 Å². The number of nitrogens with one attached hydrogen (secondary N) is 3. The fourth-order valence-electron chi connectivity index (χ4n) is 2.89. The van der Waals surface area contributed by atoms with Crippen molar-refractivity contribution in [3.8, 4) is 0 Å². The fourth-order valence-corrected chi connectivity index (χ4v) is 2.89. The Morgan fingerprint density at radius 1 is 1.25 bits per heavy atom. The first kappa shape index (κ1) is 16.0. The molecule has 2 amide bonds.